The largest absolute Gasteiger partial charge is 0.416 e. The average Bonchev–Trinajstić information content (AvgIpc) is 2.78. The van der Waals surface area contributed by atoms with Crippen molar-refractivity contribution in [3.63, 3.8) is 0 Å². The van der Waals surface area contributed by atoms with E-state index in [0.717, 1.165) is 12.5 Å². The first-order chi connectivity index (χ1) is 9.82. The minimum Gasteiger partial charge on any atom is -0.340 e. The molecule has 3 nitrogen and oxygen atoms in total. The van der Waals surface area contributed by atoms with Gasteiger partial charge in [-0.3, -0.25) is 4.79 Å². The van der Waals surface area contributed by atoms with Gasteiger partial charge in [0, 0.05) is 25.6 Å². The van der Waals surface area contributed by atoms with Crippen molar-refractivity contribution in [3.05, 3.63) is 35.4 Å². The molecule has 0 saturated carbocycles. The Morgan fingerprint density at radius 1 is 1.38 bits per heavy atom. The van der Waals surface area contributed by atoms with Crippen LogP contribution in [0.15, 0.2) is 24.3 Å². The molecule has 1 aromatic rings. The summed E-state index contributed by atoms with van der Waals surface area (Å²) in [6.07, 6.45) is -3.09. The molecule has 1 amide bonds. The Kier molecular flexibility index (Phi) is 4.56. The number of hydrogen-bond donors (Lipinski definition) is 1. The van der Waals surface area contributed by atoms with Crippen molar-refractivity contribution in [2.24, 2.45) is 11.7 Å². The van der Waals surface area contributed by atoms with Gasteiger partial charge in [0.05, 0.1) is 5.56 Å². The zero-order valence-electron chi connectivity index (χ0n) is 11.9. The molecule has 0 spiro atoms. The Balaban J connectivity index is 2.15. The minimum absolute atomic E-state index is 0.0261. The number of nitrogens with zero attached hydrogens (tertiary/aromatic N) is 1. The van der Waals surface area contributed by atoms with Crippen LogP contribution in [0.1, 0.15) is 36.9 Å². The molecule has 2 unspecified atom stereocenters. The first-order valence-electron chi connectivity index (χ1n) is 7.02. The number of halogens is 3. The van der Waals surface area contributed by atoms with E-state index in [1.54, 1.807) is 4.90 Å². The molecule has 0 aromatic heterocycles. The van der Waals surface area contributed by atoms with Gasteiger partial charge < -0.3 is 10.6 Å². The third-order valence-corrected chi connectivity index (χ3v) is 3.95. The van der Waals surface area contributed by atoms with Crippen molar-refractivity contribution in [3.8, 4) is 0 Å². The molecular weight excluding hydrogens is 281 g/mol. The normalized spacial score (nSPS) is 20.9. The van der Waals surface area contributed by atoms with E-state index < -0.39 is 17.8 Å². The Morgan fingerprint density at radius 3 is 2.62 bits per heavy atom. The smallest absolute Gasteiger partial charge is 0.340 e. The van der Waals surface area contributed by atoms with Gasteiger partial charge in [-0.25, -0.2) is 0 Å². The topological polar surface area (TPSA) is 46.3 Å². The van der Waals surface area contributed by atoms with Crippen LogP contribution in [0.5, 0.6) is 0 Å². The van der Waals surface area contributed by atoms with E-state index in [0.29, 0.717) is 13.0 Å². The van der Waals surface area contributed by atoms with Gasteiger partial charge in [0.1, 0.15) is 0 Å². The zero-order valence-corrected chi connectivity index (χ0v) is 11.9. The van der Waals surface area contributed by atoms with E-state index in [9.17, 15) is 18.0 Å². The second kappa shape index (κ2) is 6.05. The van der Waals surface area contributed by atoms with E-state index in [1.165, 1.54) is 18.2 Å². The van der Waals surface area contributed by atoms with Crippen LogP contribution in [-0.2, 0) is 11.0 Å². The highest BCUT2D eigenvalue weighted by Crippen LogP contribution is 2.34. The summed E-state index contributed by atoms with van der Waals surface area (Å²) in [6.45, 7) is 2.71. The number of rotatable bonds is 4. The van der Waals surface area contributed by atoms with Gasteiger partial charge in [-0.2, -0.15) is 13.2 Å². The number of alkyl halides is 3. The quantitative estimate of drug-likeness (QED) is 0.929. The highest BCUT2D eigenvalue weighted by molar-refractivity contribution is 5.78. The molecule has 2 rings (SSSR count). The van der Waals surface area contributed by atoms with Gasteiger partial charge in [-0.05, 0) is 17.5 Å². The molecule has 1 fully saturated rings. The molecule has 2 atom stereocenters. The second-order valence-electron chi connectivity index (χ2n) is 5.47. The number of hydrogen-bond acceptors (Lipinski definition) is 2. The number of likely N-dealkylation sites (tertiary alicyclic amines) is 1. The van der Waals surface area contributed by atoms with E-state index >= 15 is 0 Å². The molecule has 0 aliphatic carbocycles. The summed E-state index contributed by atoms with van der Waals surface area (Å²) in [6, 6.07) is 4.45. The second-order valence-corrected chi connectivity index (χ2v) is 5.47. The summed E-state index contributed by atoms with van der Waals surface area (Å²) in [5.41, 5.74) is 5.24. The van der Waals surface area contributed by atoms with Crippen LogP contribution in [0.3, 0.4) is 0 Å². The lowest BCUT2D eigenvalue weighted by molar-refractivity contribution is -0.138. The maximum absolute atomic E-state index is 13.0. The molecule has 6 heteroatoms. The van der Waals surface area contributed by atoms with Crippen molar-refractivity contribution >= 4 is 5.91 Å². The number of carbonyl (C=O) groups is 1. The van der Waals surface area contributed by atoms with Crippen LogP contribution in [0, 0.1) is 5.92 Å². The first kappa shape index (κ1) is 15.8. The SMILES string of the molecule is CCC1CC(=O)N(CC(N)c2ccccc2C(F)(F)F)C1. The van der Waals surface area contributed by atoms with Crippen LogP contribution in [-0.4, -0.2) is 23.9 Å². The molecule has 2 N–H and O–H groups in total. The van der Waals surface area contributed by atoms with Crippen LogP contribution in [0.25, 0.3) is 0 Å². The van der Waals surface area contributed by atoms with Crippen molar-refractivity contribution in [1.82, 2.24) is 4.90 Å². The van der Waals surface area contributed by atoms with Crippen LogP contribution in [0.4, 0.5) is 13.2 Å². The molecule has 116 valence electrons. The van der Waals surface area contributed by atoms with Crippen molar-refractivity contribution in [2.45, 2.75) is 32.0 Å². The fraction of sp³-hybridized carbons (Fsp3) is 0.533. The van der Waals surface area contributed by atoms with Crippen molar-refractivity contribution in [2.75, 3.05) is 13.1 Å². The average molecular weight is 300 g/mol. The van der Waals surface area contributed by atoms with Crippen molar-refractivity contribution < 1.29 is 18.0 Å². The lowest BCUT2D eigenvalue weighted by Gasteiger charge is -2.24. The van der Waals surface area contributed by atoms with Gasteiger partial charge in [0.2, 0.25) is 5.91 Å². The van der Waals surface area contributed by atoms with Crippen molar-refractivity contribution in [1.29, 1.82) is 0 Å². The fourth-order valence-electron chi connectivity index (χ4n) is 2.72. The number of benzene rings is 1. The first-order valence-corrected chi connectivity index (χ1v) is 7.02. The molecule has 1 aliphatic heterocycles. The maximum Gasteiger partial charge on any atom is 0.416 e. The molecular formula is C15H19F3N2O. The monoisotopic (exact) mass is 300 g/mol. The maximum atomic E-state index is 13.0. The number of nitrogens with two attached hydrogens (primary N) is 1. The zero-order chi connectivity index (χ0) is 15.6. The van der Waals surface area contributed by atoms with Crippen LogP contribution in [0.2, 0.25) is 0 Å². The molecule has 0 bridgehead atoms. The highest BCUT2D eigenvalue weighted by atomic mass is 19.4. The summed E-state index contributed by atoms with van der Waals surface area (Å²) in [5.74, 6) is 0.254. The molecule has 0 radical (unpaired) electrons. The Morgan fingerprint density at radius 2 is 2.05 bits per heavy atom. The van der Waals surface area contributed by atoms with E-state index in [4.69, 9.17) is 5.73 Å². The fourth-order valence-corrected chi connectivity index (χ4v) is 2.72. The molecule has 1 aliphatic rings. The molecule has 21 heavy (non-hydrogen) atoms. The summed E-state index contributed by atoms with van der Waals surface area (Å²) >= 11 is 0. The number of carbonyl (C=O) groups excluding carboxylic acids is 1. The van der Waals surface area contributed by atoms with Crippen LogP contribution < -0.4 is 5.73 Å². The third kappa shape index (κ3) is 3.56. The molecule has 1 aromatic carbocycles. The Labute approximate surface area is 121 Å². The lowest BCUT2D eigenvalue weighted by Crippen LogP contribution is -2.34. The van der Waals surface area contributed by atoms with E-state index in [2.05, 4.69) is 0 Å². The predicted octanol–water partition coefficient (Wildman–Crippen LogP) is 2.96. The Hall–Kier alpha value is -1.56. The van der Waals surface area contributed by atoms with Gasteiger partial charge in [-0.15, -0.1) is 0 Å². The minimum atomic E-state index is -4.44. The van der Waals surface area contributed by atoms with Gasteiger partial charge in [0.15, 0.2) is 0 Å². The van der Waals surface area contributed by atoms with Crippen LogP contribution >= 0.6 is 0 Å². The lowest BCUT2D eigenvalue weighted by atomic mass is 10.00. The predicted molar refractivity (Wildman–Crippen MR) is 73.4 cm³/mol. The summed E-state index contributed by atoms with van der Waals surface area (Å²) in [7, 11) is 0. The summed E-state index contributed by atoms with van der Waals surface area (Å²) in [4.78, 5) is 13.4. The highest BCUT2D eigenvalue weighted by Gasteiger charge is 2.36. The third-order valence-electron chi connectivity index (χ3n) is 3.95. The standard InChI is InChI=1S/C15H19F3N2O/c1-2-10-7-14(21)20(8-10)9-13(19)11-5-3-4-6-12(11)15(16,17)18/h3-6,10,13H,2,7-9,19H2,1H3. The molecule has 1 heterocycles. The van der Waals surface area contributed by atoms with Gasteiger partial charge in [-0.1, -0.05) is 31.5 Å². The summed E-state index contributed by atoms with van der Waals surface area (Å²) < 4.78 is 38.9. The van der Waals surface area contributed by atoms with Gasteiger partial charge in [0.25, 0.3) is 0 Å². The molecule has 1 saturated heterocycles. The number of amides is 1. The summed E-state index contributed by atoms with van der Waals surface area (Å²) in [5, 5.41) is 0. The van der Waals surface area contributed by atoms with E-state index in [-0.39, 0.29) is 23.9 Å². The Bertz CT molecular complexity index is 516. The van der Waals surface area contributed by atoms with Gasteiger partial charge >= 0.3 is 6.18 Å². The van der Waals surface area contributed by atoms with E-state index in [1.807, 2.05) is 6.92 Å².